The van der Waals surface area contributed by atoms with E-state index in [-0.39, 0.29) is 5.91 Å². The molecule has 1 aromatic carbocycles. The molecular formula is C16H19BrN2O. The van der Waals surface area contributed by atoms with Gasteiger partial charge in [0.2, 0.25) is 0 Å². The first kappa shape index (κ1) is 14.9. The van der Waals surface area contributed by atoms with Crippen molar-refractivity contribution in [3.8, 4) is 0 Å². The van der Waals surface area contributed by atoms with Crippen molar-refractivity contribution in [3.05, 3.63) is 51.8 Å². The van der Waals surface area contributed by atoms with Crippen molar-refractivity contribution in [2.45, 2.75) is 33.7 Å². The highest BCUT2D eigenvalue weighted by molar-refractivity contribution is 9.10. The van der Waals surface area contributed by atoms with E-state index < -0.39 is 0 Å². The minimum absolute atomic E-state index is 0.0765. The van der Waals surface area contributed by atoms with Crippen LogP contribution in [0.15, 0.2) is 34.9 Å². The first-order chi connectivity index (χ1) is 9.51. The molecule has 0 unspecified atom stereocenters. The van der Waals surface area contributed by atoms with Gasteiger partial charge in [0.25, 0.3) is 5.91 Å². The zero-order valence-corrected chi connectivity index (χ0v) is 13.6. The summed E-state index contributed by atoms with van der Waals surface area (Å²) in [5.74, 6) is -0.0765. The van der Waals surface area contributed by atoms with Crippen LogP contribution in [0.2, 0.25) is 0 Å². The third-order valence-electron chi connectivity index (χ3n) is 3.33. The molecule has 0 aliphatic carbocycles. The molecule has 2 aromatic rings. The summed E-state index contributed by atoms with van der Waals surface area (Å²) in [5, 5.41) is 2.96. The van der Waals surface area contributed by atoms with E-state index in [9.17, 15) is 4.79 Å². The van der Waals surface area contributed by atoms with Crippen molar-refractivity contribution in [1.29, 1.82) is 0 Å². The van der Waals surface area contributed by atoms with E-state index in [1.807, 2.05) is 42.0 Å². The molecule has 0 aliphatic heterocycles. The molecule has 1 heterocycles. The van der Waals surface area contributed by atoms with Crippen LogP contribution in [0.3, 0.4) is 0 Å². The topological polar surface area (TPSA) is 34.0 Å². The molecule has 1 amide bonds. The molecule has 0 saturated carbocycles. The summed E-state index contributed by atoms with van der Waals surface area (Å²) in [7, 11) is 0. The number of carbonyl (C=O) groups is 1. The van der Waals surface area contributed by atoms with Crippen LogP contribution < -0.4 is 5.32 Å². The fourth-order valence-corrected chi connectivity index (χ4v) is 2.57. The summed E-state index contributed by atoms with van der Waals surface area (Å²) in [6.45, 7) is 7.03. The molecule has 0 saturated heterocycles. The number of carbonyl (C=O) groups excluding carboxylic acids is 1. The second-order valence-electron chi connectivity index (χ2n) is 4.99. The number of hydrogen-bond donors (Lipinski definition) is 1. The molecule has 106 valence electrons. The highest BCUT2D eigenvalue weighted by Crippen LogP contribution is 2.19. The van der Waals surface area contributed by atoms with Crippen LogP contribution in [0, 0.1) is 13.8 Å². The van der Waals surface area contributed by atoms with Crippen LogP contribution in [0.1, 0.15) is 35.0 Å². The molecule has 0 bridgehead atoms. The van der Waals surface area contributed by atoms with Crippen LogP contribution in [0.25, 0.3) is 0 Å². The number of rotatable bonds is 4. The lowest BCUT2D eigenvalue weighted by molar-refractivity contribution is 0.101. The SMILES string of the molecule is CCCn1cc(Br)cc1C(=O)Nc1ccc(C)c(C)c1. The van der Waals surface area contributed by atoms with E-state index in [4.69, 9.17) is 0 Å². The normalized spacial score (nSPS) is 10.6. The molecular weight excluding hydrogens is 316 g/mol. The Bertz CT molecular complexity index is 631. The number of nitrogens with zero attached hydrogens (tertiary/aromatic N) is 1. The lowest BCUT2D eigenvalue weighted by atomic mass is 10.1. The van der Waals surface area contributed by atoms with Crippen molar-refractivity contribution in [2.75, 3.05) is 5.32 Å². The predicted octanol–water partition coefficient (Wildman–Crippen LogP) is 4.53. The number of amides is 1. The summed E-state index contributed by atoms with van der Waals surface area (Å²) in [6.07, 6.45) is 2.93. The van der Waals surface area contributed by atoms with Gasteiger partial charge < -0.3 is 9.88 Å². The van der Waals surface area contributed by atoms with Crippen LogP contribution in [0.4, 0.5) is 5.69 Å². The van der Waals surface area contributed by atoms with E-state index in [1.54, 1.807) is 0 Å². The molecule has 0 radical (unpaired) electrons. The molecule has 2 rings (SSSR count). The number of benzene rings is 1. The smallest absolute Gasteiger partial charge is 0.272 e. The maximum Gasteiger partial charge on any atom is 0.272 e. The summed E-state index contributed by atoms with van der Waals surface area (Å²) >= 11 is 3.43. The van der Waals surface area contributed by atoms with Gasteiger partial charge in [-0.25, -0.2) is 0 Å². The van der Waals surface area contributed by atoms with Crippen molar-refractivity contribution < 1.29 is 4.79 Å². The second-order valence-corrected chi connectivity index (χ2v) is 5.91. The maximum absolute atomic E-state index is 12.4. The van der Waals surface area contributed by atoms with Crippen LogP contribution in [-0.2, 0) is 6.54 Å². The number of anilines is 1. The van der Waals surface area contributed by atoms with E-state index in [1.165, 1.54) is 11.1 Å². The Kier molecular flexibility index (Phi) is 4.65. The zero-order chi connectivity index (χ0) is 14.7. The summed E-state index contributed by atoms with van der Waals surface area (Å²) in [6, 6.07) is 7.80. The molecule has 1 aromatic heterocycles. The Labute approximate surface area is 128 Å². The molecule has 0 atom stereocenters. The molecule has 0 aliphatic rings. The number of aryl methyl sites for hydroxylation is 3. The van der Waals surface area contributed by atoms with Crippen molar-refractivity contribution in [2.24, 2.45) is 0 Å². The Morgan fingerprint density at radius 3 is 2.65 bits per heavy atom. The molecule has 0 spiro atoms. The molecule has 3 nitrogen and oxygen atoms in total. The summed E-state index contributed by atoms with van der Waals surface area (Å²) in [4.78, 5) is 12.4. The highest BCUT2D eigenvalue weighted by Gasteiger charge is 2.13. The number of nitrogens with one attached hydrogen (secondary N) is 1. The van der Waals surface area contributed by atoms with Gasteiger partial charge in [-0.05, 0) is 65.5 Å². The predicted molar refractivity (Wildman–Crippen MR) is 86.3 cm³/mol. The van der Waals surface area contributed by atoms with Gasteiger partial charge in [0, 0.05) is 22.9 Å². The summed E-state index contributed by atoms with van der Waals surface area (Å²) < 4.78 is 2.90. The Hall–Kier alpha value is -1.55. The first-order valence-corrected chi connectivity index (χ1v) is 7.55. The van der Waals surface area contributed by atoms with Gasteiger partial charge in [-0.15, -0.1) is 0 Å². The second kappa shape index (κ2) is 6.27. The van der Waals surface area contributed by atoms with Crippen LogP contribution >= 0.6 is 15.9 Å². The monoisotopic (exact) mass is 334 g/mol. The molecule has 20 heavy (non-hydrogen) atoms. The standard InChI is InChI=1S/C16H19BrN2O/c1-4-7-19-10-13(17)9-15(19)16(20)18-14-6-5-11(2)12(3)8-14/h5-6,8-10H,4,7H2,1-3H3,(H,18,20). The number of halogens is 1. The van der Waals surface area contributed by atoms with E-state index in [0.29, 0.717) is 5.69 Å². The lowest BCUT2D eigenvalue weighted by Gasteiger charge is -2.10. The van der Waals surface area contributed by atoms with Gasteiger partial charge in [-0.1, -0.05) is 13.0 Å². The molecule has 4 heteroatoms. The number of aromatic nitrogens is 1. The Morgan fingerprint density at radius 2 is 2.00 bits per heavy atom. The lowest BCUT2D eigenvalue weighted by Crippen LogP contribution is -2.16. The van der Waals surface area contributed by atoms with Gasteiger partial charge in [0.15, 0.2) is 0 Å². The fourth-order valence-electron chi connectivity index (χ4n) is 2.11. The average Bonchev–Trinajstić information content (AvgIpc) is 2.75. The van der Waals surface area contributed by atoms with Crippen molar-refractivity contribution in [1.82, 2.24) is 4.57 Å². The minimum Gasteiger partial charge on any atom is -0.342 e. The fraction of sp³-hybridized carbons (Fsp3) is 0.312. The van der Waals surface area contributed by atoms with Crippen molar-refractivity contribution in [3.63, 3.8) is 0 Å². The van der Waals surface area contributed by atoms with Gasteiger partial charge in [-0.3, -0.25) is 4.79 Å². The third-order valence-corrected chi connectivity index (χ3v) is 3.76. The third kappa shape index (κ3) is 3.31. The van der Waals surface area contributed by atoms with Crippen LogP contribution in [-0.4, -0.2) is 10.5 Å². The first-order valence-electron chi connectivity index (χ1n) is 6.75. The highest BCUT2D eigenvalue weighted by atomic mass is 79.9. The van der Waals surface area contributed by atoms with E-state index in [0.717, 1.165) is 23.1 Å². The largest absolute Gasteiger partial charge is 0.342 e. The average molecular weight is 335 g/mol. The van der Waals surface area contributed by atoms with Crippen LogP contribution in [0.5, 0.6) is 0 Å². The van der Waals surface area contributed by atoms with Crippen molar-refractivity contribution >= 4 is 27.5 Å². The van der Waals surface area contributed by atoms with E-state index >= 15 is 0 Å². The summed E-state index contributed by atoms with van der Waals surface area (Å²) in [5.41, 5.74) is 3.91. The molecule has 0 fully saturated rings. The van der Waals surface area contributed by atoms with Gasteiger partial charge >= 0.3 is 0 Å². The Balaban J connectivity index is 2.21. The Morgan fingerprint density at radius 1 is 1.25 bits per heavy atom. The minimum atomic E-state index is -0.0765. The van der Waals surface area contributed by atoms with Gasteiger partial charge in [0.05, 0.1) is 0 Å². The maximum atomic E-state index is 12.4. The van der Waals surface area contributed by atoms with E-state index in [2.05, 4.69) is 35.1 Å². The van der Waals surface area contributed by atoms with Gasteiger partial charge in [0.1, 0.15) is 5.69 Å². The molecule has 1 N–H and O–H groups in total. The zero-order valence-electron chi connectivity index (χ0n) is 12.0. The van der Waals surface area contributed by atoms with Gasteiger partial charge in [-0.2, -0.15) is 0 Å². The quantitative estimate of drug-likeness (QED) is 0.875. The number of hydrogen-bond acceptors (Lipinski definition) is 1.